The number of nitrogens with zero attached hydrogens (tertiary/aromatic N) is 7. The highest BCUT2D eigenvalue weighted by molar-refractivity contribution is 5.81. The first kappa shape index (κ1) is 20.8. The molecule has 0 radical (unpaired) electrons. The Bertz CT molecular complexity index is 1310. The summed E-state index contributed by atoms with van der Waals surface area (Å²) < 4.78 is 1.86. The van der Waals surface area contributed by atoms with Gasteiger partial charge < -0.3 is 15.3 Å². The second-order valence-corrected chi connectivity index (χ2v) is 8.62. The van der Waals surface area contributed by atoms with Crippen LogP contribution in [0.15, 0.2) is 49.1 Å². The molecule has 0 unspecified atom stereocenters. The SMILES string of the molecule is CC(C)c1cnnc(Nc2ccc3ncc(-c4cnn(CC5CN(C(=O)O)C5)c4)cc3n2)c1. The van der Waals surface area contributed by atoms with Gasteiger partial charge in [-0.3, -0.25) is 9.67 Å². The third kappa shape index (κ3) is 4.45. The average molecular weight is 444 g/mol. The highest BCUT2D eigenvalue weighted by Gasteiger charge is 2.30. The van der Waals surface area contributed by atoms with E-state index in [-0.39, 0.29) is 5.92 Å². The van der Waals surface area contributed by atoms with Crippen LogP contribution < -0.4 is 5.32 Å². The van der Waals surface area contributed by atoms with E-state index in [9.17, 15) is 4.79 Å². The molecule has 168 valence electrons. The Labute approximate surface area is 190 Å². The zero-order valence-corrected chi connectivity index (χ0v) is 18.4. The van der Waals surface area contributed by atoms with Crippen molar-refractivity contribution in [3.05, 3.63) is 54.6 Å². The molecule has 1 aliphatic rings. The Morgan fingerprint density at radius 2 is 1.97 bits per heavy atom. The molecule has 1 aliphatic heterocycles. The molecule has 33 heavy (non-hydrogen) atoms. The predicted octanol–water partition coefficient (Wildman–Crippen LogP) is 3.76. The van der Waals surface area contributed by atoms with Gasteiger partial charge in [-0.05, 0) is 35.7 Å². The van der Waals surface area contributed by atoms with E-state index in [1.54, 1.807) is 12.4 Å². The summed E-state index contributed by atoms with van der Waals surface area (Å²) in [6.45, 7) is 6.01. The number of anilines is 2. The van der Waals surface area contributed by atoms with Crippen molar-refractivity contribution in [1.82, 2.24) is 34.8 Å². The maximum Gasteiger partial charge on any atom is 0.407 e. The van der Waals surface area contributed by atoms with E-state index in [4.69, 9.17) is 10.1 Å². The van der Waals surface area contributed by atoms with Gasteiger partial charge in [-0.25, -0.2) is 9.78 Å². The lowest BCUT2D eigenvalue weighted by Gasteiger charge is -2.36. The van der Waals surface area contributed by atoms with E-state index < -0.39 is 6.09 Å². The Morgan fingerprint density at radius 3 is 2.76 bits per heavy atom. The molecule has 0 spiro atoms. The lowest BCUT2D eigenvalue weighted by Crippen LogP contribution is -2.50. The Kier molecular flexibility index (Phi) is 5.33. The third-order valence-corrected chi connectivity index (χ3v) is 5.78. The second kappa shape index (κ2) is 8.45. The van der Waals surface area contributed by atoms with Crippen molar-refractivity contribution >= 4 is 28.8 Å². The van der Waals surface area contributed by atoms with Crippen LogP contribution in [0.25, 0.3) is 22.2 Å². The zero-order valence-electron chi connectivity index (χ0n) is 18.4. The fourth-order valence-corrected chi connectivity index (χ4v) is 3.84. The van der Waals surface area contributed by atoms with E-state index >= 15 is 0 Å². The zero-order chi connectivity index (χ0) is 22.9. The van der Waals surface area contributed by atoms with Crippen LogP contribution in [0.2, 0.25) is 0 Å². The topological polar surface area (TPSA) is 122 Å². The molecule has 1 amide bonds. The summed E-state index contributed by atoms with van der Waals surface area (Å²) in [5.41, 5.74) is 4.51. The van der Waals surface area contributed by atoms with Crippen LogP contribution in [0.1, 0.15) is 25.3 Å². The molecule has 4 aromatic rings. The molecule has 0 aromatic carbocycles. The number of rotatable bonds is 6. The van der Waals surface area contributed by atoms with Gasteiger partial charge >= 0.3 is 6.09 Å². The Balaban J connectivity index is 1.33. The van der Waals surface area contributed by atoms with Crippen molar-refractivity contribution in [3.63, 3.8) is 0 Å². The first-order valence-corrected chi connectivity index (χ1v) is 10.8. The molecule has 10 nitrogen and oxygen atoms in total. The number of likely N-dealkylation sites (tertiary alicyclic amines) is 1. The lowest BCUT2D eigenvalue weighted by atomic mass is 10.0. The van der Waals surface area contributed by atoms with Gasteiger partial charge in [-0.15, -0.1) is 5.10 Å². The number of amides is 1. The third-order valence-electron chi connectivity index (χ3n) is 5.78. The largest absolute Gasteiger partial charge is 0.465 e. The van der Waals surface area contributed by atoms with Crippen LogP contribution in [0, 0.1) is 5.92 Å². The van der Waals surface area contributed by atoms with Crippen molar-refractivity contribution in [2.45, 2.75) is 26.3 Å². The smallest absolute Gasteiger partial charge is 0.407 e. The van der Waals surface area contributed by atoms with Crippen molar-refractivity contribution in [2.24, 2.45) is 5.92 Å². The molecular weight excluding hydrogens is 420 g/mol. The van der Waals surface area contributed by atoms with Crippen molar-refractivity contribution in [1.29, 1.82) is 0 Å². The molecular formula is C23H24N8O2. The maximum atomic E-state index is 10.9. The summed E-state index contributed by atoms with van der Waals surface area (Å²) in [6, 6.07) is 7.75. The minimum atomic E-state index is -0.865. The maximum absolute atomic E-state index is 10.9. The van der Waals surface area contributed by atoms with Crippen LogP contribution in [-0.4, -0.2) is 59.1 Å². The van der Waals surface area contributed by atoms with E-state index in [0.717, 1.165) is 27.7 Å². The summed E-state index contributed by atoms with van der Waals surface area (Å²) >= 11 is 0. The van der Waals surface area contributed by atoms with Gasteiger partial charge in [0.25, 0.3) is 0 Å². The number of pyridine rings is 2. The molecule has 0 atom stereocenters. The van der Waals surface area contributed by atoms with Crippen molar-refractivity contribution in [3.8, 4) is 11.1 Å². The minimum absolute atomic E-state index is 0.288. The number of hydrogen-bond acceptors (Lipinski definition) is 7. The van der Waals surface area contributed by atoms with Gasteiger partial charge in [0.2, 0.25) is 0 Å². The summed E-state index contributed by atoms with van der Waals surface area (Å²) in [7, 11) is 0. The lowest BCUT2D eigenvalue weighted by molar-refractivity contribution is 0.0732. The number of nitrogens with one attached hydrogen (secondary N) is 1. The molecule has 5 heterocycles. The van der Waals surface area contributed by atoms with Gasteiger partial charge in [-0.2, -0.15) is 10.2 Å². The number of carboxylic acid groups (broad SMARTS) is 1. The molecule has 5 rings (SSSR count). The summed E-state index contributed by atoms with van der Waals surface area (Å²) in [5.74, 6) is 1.96. The van der Waals surface area contributed by atoms with Crippen molar-refractivity contribution in [2.75, 3.05) is 18.4 Å². The van der Waals surface area contributed by atoms with Crippen LogP contribution in [0.5, 0.6) is 0 Å². The van der Waals surface area contributed by atoms with Gasteiger partial charge in [0, 0.05) is 49.1 Å². The first-order valence-electron chi connectivity index (χ1n) is 10.8. The molecule has 0 aliphatic carbocycles. The highest BCUT2D eigenvalue weighted by atomic mass is 16.4. The molecule has 1 saturated heterocycles. The molecule has 0 bridgehead atoms. The van der Waals surface area contributed by atoms with Gasteiger partial charge in [0.05, 0.1) is 23.4 Å². The van der Waals surface area contributed by atoms with Gasteiger partial charge in [-0.1, -0.05) is 13.8 Å². The van der Waals surface area contributed by atoms with Crippen LogP contribution >= 0.6 is 0 Å². The molecule has 4 aromatic heterocycles. The Hall–Kier alpha value is -4.08. The Morgan fingerprint density at radius 1 is 1.12 bits per heavy atom. The monoisotopic (exact) mass is 444 g/mol. The molecule has 2 N–H and O–H groups in total. The normalized spacial score (nSPS) is 14.0. The minimum Gasteiger partial charge on any atom is -0.465 e. The van der Waals surface area contributed by atoms with Crippen molar-refractivity contribution < 1.29 is 9.90 Å². The van der Waals surface area contributed by atoms with Crippen LogP contribution in [0.4, 0.5) is 16.4 Å². The molecule has 10 heteroatoms. The van der Waals surface area contributed by atoms with Crippen LogP contribution in [-0.2, 0) is 6.54 Å². The number of fused-ring (bicyclic) bond motifs is 1. The van der Waals surface area contributed by atoms with E-state index in [1.165, 1.54) is 4.90 Å². The average Bonchev–Trinajstić information content (AvgIpc) is 3.24. The number of aromatic nitrogens is 6. The fraction of sp³-hybridized carbons (Fsp3) is 0.304. The quantitative estimate of drug-likeness (QED) is 0.461. The summed E-state index contributed by atoms with van der Waals surface area (Å²) in [5, 5.41) is 24.9. The predicted molar refractivity (Wildman–Crippen MR) is 123 cm³/mol. The van der Waals surface area contributed by atoms with E-state index in [2.05, 4.69) is 39.4 Å². The highest BCUT2D eigenvalue weighted by Crippen LogP contribution is 2.25. The summed E-state index contributed by atoms with van der Waals surface area (Å²) in [6.07, 6.45) is 6.47. The number of carbonyl (C=O) groups is 1. The second-order valence-electron chi connectivity index (χ2n) is 8.62. The fourth-order valence-electron chi connectivity index (χ4n) is 3.84. The molecule has 1 fully saturated rings. The van der Waals surface area contributed by atoms with E-state index in [0.29, 0.717) is 37.2 Å². The number of hydrogen-bond donors (Lipinski definition) is 2. The summed E-state index contributed by atoms with van der Waals surface area (Å²) in [4.78, 5) is 21.6. The van der Waals surface area contributed by atoms with Crippen LogP contribution in [0.3, 0.4) is 0 Å². The van der Waals surface area contributed by atoms with Gasteiger partial charge in [0.15, 0.2) is 5.82 Å². The first-order chi connectivity index (χ1) is 15.9. The molecule has 0 saturated carbocycles. The van der Waals surface area contributed by atoms with E-state index in [1.807, 2.05) is 41.3 Å². The van der Waals surface area contributed by atoms with Gasteiger partial charge in [0.1, 0.15) is 5.82 Å². The standard InChI is InChI=1S/C23H24N8O2/c1-14(2)16-6-22(29-25-8-16)28-21-4-3-19-20(27-21)5-17(7-24-19)18-9-26-31(13-18)12-15-10-30(11-15)23(32)33/h3-9,13-15H,10-12H2,1-2H3,(H,32,33)(H,27,28,29).